The van der Waals surface area contributed by atoms with Crippen LogP contribution in [0.15, 0.2) is 0 Å². The van der Waals surface area contributed by atoms with E-state index in [9.17, 15) is 13.2 Å². The highest BCUT2D eigenvalue weighted by atomic mass is 32.2. The maximum atomic E-state index is 11.4. The molecule has 0 aromatic carbocycles. The monoisotopic (exact) mass is 234 g/mol. The lowest BCUT2D eigenvalue weighted by Crippen LogP contribution is -2.33. The van der Waals surface area contributed by atoms with Gasteiger partial charge in [-0.3, -0.25) is 0 Å². The van der Waals surface area contributed by atoms with E-state index in [0.717, 1.165) is 6.29 Å². The van der Waals surface area contributed by atoms with Crippen molar-refractivity contribution in [3.63, 3.8) is 0 Å². The molecule has 0 aromatic heterocycles. The normalized spacial score (nSPS) is 30.7. The van der Waals surface area contributed by atoms with E-state index in [-0.39, 0.29) is 11.5 Å². The number of sulfone groups is 1. The first-order valence-corrected chi connectivity index (χ1v) is 7.14. The van der Waals surface area contributed by atoms with Gasteiger partial charge in [0.1, 0.15) is 16.1 Å². The smallest absolute Gasteiger partial charge is 0.150 e. The molecule has 88 valence electrons. The summed E-state index contributed by atoms with van der Waals surface area (Å²) in [6.07, 6.45) is 2.83. The van der Waals surface area contributed by atoms with Crippen LogP contribution in [0.4, 0.5) is 0 Å². The van der Waals surface area contributed by atoms with Gasteiger partial charge in [-0.05, 0) is 26.2 Å². The van der Waals surface area contributed by atoms with Gasteiger partial charge in [0.2, 0.25) is 0 Å². The number of aldehydes is 1. The first-order chi connectivity index (χ1) is 7.04. The second kappa shape index (κ2) is 5.07. The van der Waals surface area contributed by atoms with Gasteiger partial charge in [0, 0.05) is 13.0 Å². The third-order valence-corrected chi connectivity index (χ3v) is 4.60. The van der Waals surface area contributed by atoms with Crippen molar-refractivity contribution in [3.8, 4) is 0 Å². The number of hydrogen-bond donors (Lipinski definition) is 0. The van der Waals surface area contributed by atoms with Gasteiger partial charge in [-0.15, -0.1) is 0 Å². The Morgan fingerprint density at radius 2 is 2.07 bits per heavy atom. The zero-order chi connectivity index (χ0) is 11.4. The molecule has 1 rings (SSSR count). The average molecular weight is 234 g/mol. The molecule has 0 aliphatic carbocycles. The number of rotatable bonds is 4. The highest BCUT2D eigenvalue weighted by molar-refractivity contribution is 7.91. The van der Waals surface area contributed by atoms with Gasteiger partial charge in [-0.2, -0.15) is 0 Å². The van der Waals surface area contributed by atoms with E-state index in [4.69, 9.17) is 4.74 Å². The van der Waals surface area contributed by atoms with Crippen molar-refractivity contribution in [3.05, 3.63) is 0 Å². The van der Waals surface area contributed by atoms with Gasteiger partial charge in [0.25, 0.3) is 0 Å². The Kier molecular flexibility index (Phi) is 4.28. The van der Waals surface area contributed by atoms with Crippen LogP contribution in [-0.4, -0.2) is 38.4 Å². The van der Waals surface area contributed by atoms with Crippen molar-refractivity contribution < 1.29 is 17.9 Å². The number of carbonyl (C=O) groups excluding carboxylic acids is 1. The largest absolute Gasteiger partial charge is 0.375 e. The number of hydrogen-bond acceptors (Lipinski definition) is 4. The molecule has 0 aromatic rings. The Balaban J connectivity index is 2.76. The van der Waals surface area contributed by atoms with Gasteiger partial charge in [-0.25, -0.2) is 8.42 Å². The minimum atomic E-state index is -2.92. The maximum Gasteiger partial charge on any atom is 0.150 e. The SMILES string of the molecule is CCOC1(CC=O)CCCS(=O)(=O)CC1. The summed E-state index contributed by atoms with van der Waals surface area (Å²) in [6, 6.07) is 0. The molecular formula is C10H18O4S. The summed E-state index contributed by atoms with van der Waals surface area (Å²) < 4.78 is 28.4. The van der Waals surface area contributed by atoms with Crippen LogP contribution >= 0.6 is 0 Å². The van der Waals surface area contributed by atoms with Crippen LogP contribution in [0.25, 0.3) is 0 Å². The fourth-order valence-corrected chi connectivity index (χ4v) is 3.52. The molecular weight excluding hydrogens is 216 g/mol. The van der Waals surface area contributed by atoms with Crippen molar-refractivity contribution in [1.82, 2.24) is 0 Å². The molecule has 1 aliphatic heterocycles. The van der Waals surface area contributed by atoms with E-state index < -0.39 is 15.4 Å². The van der Waals surface area contributed by atoms with E-state index in [1.54, 1.807) is 0 Å². The van der Waals surface area contributed by atoms with E-state index in [1.165, 1.54) is 0 Å². The van der Waals surface area contributed by atoms with Gasteiger partial charge >= 0.3 is 0 Å². The summed E-state index contributed by atoms with van der Waals surface area (Å²) in [6.45, 7) is 2.39. The molecule has 4 nitrogen and oxygen atoms in total. The third-order valence-electron chi connectivity index (χ3n) is 2.86. The van der Waals surface area contributed by atoms with Gasteiger partial charge < -0.3 is 9.53 Å². The van der Waals surface area contributed by atoms with Gasteiger partial charge in [0.15, 0.2) is 0 Å². The van der Waals surface area contributed by atoms with Crippen LogP contribution < -0.4 is 0 Å². The molecule has 1 saturated heterocycles. The van der Waals surface area contributed by atoms with Crippen LogP contribution in [0.2, 0.25) is 0 Å². The lowest BCUT2D eigenvalue weighted by molar-refractivity contribution is -0.116. The van der Waals surface area contributed by atoms with Crippen molar-refractivity contribution in [2.75, 3.05) is 18.1 Å². The molecule has 1 unspecified atom stereocenters. The zero-order valence-corrected chi connectivity index (χ0v) is 9.88. The molecule has 0 radical (unpaired) electrons. The van der Waals surface area contributed by atoms with Crippen molar-refractivity contribution in [2.45, 2.75) is 38.2 Å². The van der Waals surface area contributed by atoms with Gasteiger partial charge in [-0.1, -0.05) is 0 Å². The lowest BCUT2D eigenvalue weighted by Gasteiger charge is -2.30. The predicted molar refractivity (Wildman–Crippen MR) is 57.5 cm³/mol. The average Bonchev–Trinajstić information content (AvgIpc) is 2.28. The molecule has 0 bridgehead atoms. The van der Waals surface area contributed by atoms with Crippen LogP contribution in [-0.2, 0) is 19.4 Å². The maximum absolute atomic E-state index is 11.4. The highest BCUT2D eigenvalue weighted by Gasteiger charge is 2.34. The van der Waals surface area contributed by atoms with E-state index in [0.29, 0.717) is 32.3 Å². The quantitative estimate of drug-likeness (QED) is 0.679. The Labute approximate surface area is 90.9 Å². The molecule has 0 amide bonds. The molecule has 15 heavy (non-hydrogen) atoms. The fourth-order valence-electron chi connectivity index (χ4n) is 2.05. The molecule has 1 aliphatic rings. The highest BCUT2D eigenvalue weighted by Crippen LogP contribution is 2.29. The summed E-state index contributed by atoms with van der Waals surface area (Å²) >= 11 is 0. The minimum absolute atomic E-state index is 0.140. The summed E-state index contributed by atoms with van der Waals surface area (Å²) in [5.41, 5.74) is -0.528. The molecule has 5 heteroatoms. The van der Waals surface area contributed by atoms with Crippen molar-refractivity contribution >= 4 is 16.1 Å². The van der Waals surface area contributed by atoms with E-state index in [2.05, 4.69) is 0 Å². The fraction of sp³-hybridized carbons (Fsp3) is 0.900. The van der Waals surface area contributed by atoms with Crippen LogP contribution in [0.3, 0.4) is 0 Å². The summed E-state index contributed by atoms with van der Waals surface area (Å²) in [4.78, 5) is 10.6. The van der Waals surface area contributed by atoms with Gasteiger partial charge in [0.05, 0.1) is 17.1 Å². The number of ether oxygens (including phenoxy) is 1. The Hall–Kier alpha value is -0.420. The second-order valence-electron chi connectivity index (χ2n) is 3.99. The first kappa shape index (κ1) is 12.6. The predicted octanol–water partition coefficient (Wildman–Crippen LogP) is 0.949. The standard InChI is InChI=1S/C10H18O4S/c1-2-14-10(5-7-11)4-3-8-15(12,13)9-6-10/h7H,2-6,8-9H2,1H3. The van der Waals surface area contributed by atoms with Crippen LogP contribution in [0, 0.1) is 0 Å². The molecule has 1 atom stereocenters. The first-order valence-electron chi connectivity index (χ1n) is 5.32. The minimum Gasteiger partial charge on any atom is -0.375 e. The molecule has 0 N–H and O–H groups in total. The molecule has 0 saturated carbocycles. The van der Waals surface area contributed by atoms with Crippen molar-refractivity contribution in [2.24, 2.45) is 0 Å². The Morgan fingerprint density at radius 3 is 2.67 bits per heavy atom. The summed E-state index contributed by atoms with van der Waals surface area (Å²) in [5, 5.41) is 0. The third kappa shape index (κ3) is 3.57. The second-order valence-corrected chi connectivity index (χ2v) is 6.30. The Morgan fingerprint density at radius 1 is 1.33 bits per heavy atom. The van der Waals surface area contributed by atoms with E-state index >= 15 is 0 Å². The Bertz CT molecular complexity index is 309. The molecule has 1 heterocycles. The molecule has 0 spiro atoms. The van der Waals surface area contributed by atoms with E-state index in [1.807, 2.05) is 6.92 Å². The topological polar surface area (TPSA) is 60.4 Å². The lowest BCUT2D eigenvalue weighted by atomic mass is 9.91. The zero-order valence-electron chi connectivity index (χ0n) is 9.07. The summed E-state index contributed by atoms with van der Waals surface area (Å²) in [7, 11) is -2.92. The van der Waals surface area contributed by atoms with Crippen LogP contribution in [0.1, 0.15) is 32.6 Å². The molecule has 1 fully saturated rings. The van der Waals surface area contributed by atoms with Crippen LogP contribution in [0.5, 0.6) is 0 Å². The summed E-state index contributed by atoms with van der Waals surface area (Å²) in [5.74, 6) is 0.363. The van der Waals surface area contributed by atoms with Crippen molar-refractivity contribution in [1.29, 1.82) is 0 Å². The number of carbonyl (C=O) groups is 1.